The second-order valence-corrected chi connectivity index (χ2v) is 6.50. The van der Waals surface area contributed by atoms with Crippen LogP contribution in [0.3, 0.4) is 0 Å². The molecule has 1 aliphatic rings. The Bertz CT molecular complexity index is 382. The molecule has 0 aromatic carbocycles. The first-order valence-corrected chi connectivity index (χ1v) is 6.41. The predicted octanol–water partition coefficient (Wildman–Crippen LogP) is 1.87. The van der Waals surface area contributed by atoms with Crippen LogP contribution < -0.4 is 5.32 Å². The molecule has 0 saturated carbocycles. The van der Waals surface area contributed by atoms with E-state index in [0.717, 1.165) is 0 Å². The molecule has 1 rings (SSSR count). The van der Waals surface area contributed by atoms with Crippen LogP contribution in [0.4, 0.5) is 0 Å². The summed E-state index contributed by atoms with van der Waals surface area (Å²) in [5.41, 5.74) is -0.261. The van der Waals surface area contributed by atoms with E-state index in [1.807, 2.05) is 0 Å². The van der Waals surface area contributed by atoms with Crippen molar-refractivity contribution in [3.8, 4) is 0 Å². The van der Waals surface area contributed by atoms with Gasteiger partial charge in [0, 0.05) is 29.5 Å². The van der Waals surface area contributed by atoms with Gasteiger partial charge in [-0.1, -0.05) is 6.58 Å². The minimum atomic E-state index is -1.08. The van der Waals surface area contributed by atoms with E-state index >= 15 is 0 Å². The molecular weight excluding hydrogens is 246 g/mol. The number of piperidine rings is 1. The molecule has 0 aromatic rings. The highest BCUT2D eigenvalue weighted by Gasteiger charge is 2.39. The second-order valence-electron chi connectivity index (χ2n) is 6.50. The number of carbonyl (C=O) groups excluding carboxylic acids is 1. The highest BCUT2D eigenvalue weighted by Crippen LogP contribution is 2.30. The van der Waals surface area contributed by atoms with Gasteiger partial charge >= 0.3 is 11.9 Å². The fraction of sp³-hybridized carbons (Fsp3) is 0.714. The molecule has 0 unspecified atom stereocenters. The van der Waals surface area contributed by atoms with E-state index in [0.29, 0.717) is 12.8 Å². The van der Waals surface area contributed by atoms with Crippen molar-refractivity contribution in [2.24, 2.45) is 0 Å². The number of carbonyl (C=O) groups is 2. The zero-order valence-electron chi connectivity index (χ0n) is 12.1. The van der Waals surface area contributed by atoms with E-state index in [9.17, 15) is 9.59 Å². The van der Waals surface area contributed by atoms with Crippen LogP contribution >= 0.6 is 0 Å². The van der Waals surface area contributed by atoms with Crippen molar-refractivity contribution in [3.05, 3.63) is 12.2 Å². The maximum atomic E-state index is 11.8. The second kappa shape index (κ2) is 5.33. The lowest BCUT2D eigenvalue weighted by Crippen LogP contribution is -2.59. The number of carboxylic acids is 1. The standard InChI is InChI=1S/C14H23NO4/c1-9(6-11(16)17)12(18)19-10-7-13(2,3)15-14(4,5)8-10/h10,15H,1,6-8H2,2-5H3,(H,16,17). The average molecular weight is 269 g/mol. The summed E-state index contributed by atoms with van der Waals surface area (Å²) in [4.78, 5) is 22.3. The summed E-state index contributed by atoms with van der Waals surface area (Å²) in [6.45, 7) is 11.7. The minimum Gasteiger partial charge on any atom is -0.481 e. The summed E-state index contributed by atoms with van der Waals surface area (Å²) in [5.74, 6) is -1.69. The summed E-state index contributed by atoms with van der Waals surface area (Å²) in [7, 11) is 0. The average Bonchev–Trinajstić information content (AvgIpc) is 2.10. The van der Waals surface area contributed by atoms with Crippen molar-refractivity contribution in [3.63, 3.8) is 0 Å². The van der Waals surface area contributed by atoms with Crippen LogP contribution in [0.1, 0.15) is 47.0 Å². The lowest BCUT2D eigenvalue weighted by Gasteiger charge is -2.45. The highest BCUT2D eigenvalue weighted by atomic mass is 16.5. The number of hydrogen-bond donors (Lipinski definition) is 2. The van der Waals surface area contributed by atoms with Crippen molar-refractivity contribution >= 4 is 11.9 Å². The van der Waals surface area contributed by atoms with Gasteiger partial charge in [-0.25, -0.2) is 4.79 Å². The Kier molecular flexibility index (Phi) is 4.40. The summed E-state index contributed by atoms with van der Waals surface area (Å²) in [5, 5.41) is 12.1. The number of aliphatic carboxylic acids is 1. The molecule has 0 radical (unpaired) electrons. The normalized spacial score (nSPS) is 21.7. The third-order valence-corrected chi connectivity index (χ3v) is 3.08. The van der Waals surface area contributed by atoms with Crippen molar-refractivity contribution in [2.75, 3.05) is 0 Å². The Labute approximate surface area is 114 Å². The molecule has 1 heterocycles. The van der Waals surface area contributed by atoms with Crippen LogP contribution in [-0.4, -0.2) is 34.2 Å². The van der Waals surface area contributed by atoms with Gasteiger partial charge in [0.05, 0.1) is 6.42 Å². The summed E-state index contributed by atoms with van der Waals surface area (Å²) in [6.07, 6.45) is 0.797. The Morgan fingerprint density at radius 1 is 1.26 bits per heavy atom. The number of rotatable bonds is 4. The fourth-order valence-electron chi connectivity index (χ4n) is 2.80. The zero-order valence-corrected chi connectivity index (χ0v) is 12.1. The van der Waals surface area contributed by atoms with Gasteiger partial charge in [-0.3, -0.25) is 4.79 Å². The van der Waals surface area contributed by atoms with Crippen molar-refractivity contribution < 1.29 is 19.4 Å². The third-order valence-electron chi connectivity index (χ3n) is 3.08. The largest absolute Gasteiger partial charge is 0.481 e. The lowest BCUT2D eigenvalue weighted by atomic mass is 9.81. The van der Waals surface area contributed by atoms with Gasteiger partial charge in [0.25, 0.3) is 0 Å². The molecule has 2 N–H and O–H groups in total. The maximum absolute atomic E-state index is 11.8. The molecule has 5 heteroatoms. The molecule has 19 heavy (non-hydrogen) atoms. The summed E-state index contributed by atoms with van der Waals surface area (Å²) in [6, 6.07) is 0. The Morgan fingerprint density at radius 2 is 1.74 bits per heavy atom. The smallest absolute Gasteiger partial charge is 0.334 e. The molecule has 108 valence electrons. The monoisotopic (exact) mass is 269 g/mol. The molecule has 0 amide bonds. The first kappa shape index (κ1) is 15.7. The fourth-order valence-corrected chi connectivity index (χ4v) is 2.80. The van der Waals surface area contributed by atoms with Gasteiger partial charge in [0.2, 0.25) is 0 Å². The Hall–Kier alpha value is -1.36. The first-order valence-electron chi connectivity index (χ1n) is 6.41. The van der Waals surface area contributed by atoms with E-state index in [4.69, 9.17) is 9.84 Å². The molecule has 1 fully saturated rings. The number of esters is 1. The molecule has 1 saturated heterocycles. The summed E-state index contributed by atoms with van der Waals surface area (Å²) >= 11 is 0. The topological polar surface area (TPSA) is 75.6 Å². The number of hydrogen-bond acceptors (Lipinski definition) is 4. The molecule has 0 atom stereocenters. The van der Waals surface area contributed by atoms with E-state index in [1.165, 1.54) is 0 Å². The Balaban J connectivity index is 2.64. The number of nitrogens with one attached hydrogen (secondary N) is 1. The van der Waals surface area contributed by atoms with Crippen molar-refractivity contribution in [2.45, 2.75) is 64.1 Å². The van der Waals surface area contributed by atoms with Crippen LogP contribution in [0.15, 0.2) is 12.2 Å². The van der Waals surface area contributed by atoms with Crippen molar-refractivity contribution in [1.82, 2.24) is 5.32 Å². The molecule has 0 aliphatic carbocycles. The van der Waals surface area contributed by atoms with Gasteiger partial charge in [-0.15, -0.1) is 0 Å². The lowest BCUT2D eigenvalue weighted by molar-refractivity contribution is -0.150. The molecule has 5 nitrogen and oxygen atoms in total. The molecule has 0 aromatic heterocycles. The maximum Gasteiger partial charge on any atom is 0.334 e. The molecule has 1 aliphatic heterocycles. The van der Waals surface area contributed by atoms with Gasteiger partial charge in [-0.05, 0) is 27.7 Å². The summed E-state index contributed by atoms with van der Waals surface area (Å²) < 4.78 is 5.38. The van der Waals surface area contributed by atoms with Crippen LogP contribution in [0.5, 0.6) is 0 Å². The van der Waals surface area contributed by atoms with Gasteiger partial charge in [-0.2, -0.15) is 0 Å². The van der Waals surface area contributed by atoms with Crippen LogP contribution in [0.2, 0.25) is 0 Å². The first-order chi connectivity index (χ1) is 8.51. The third kappa shape index (κ3) is 5.03. The number of carboxylic acid groups (broad SMARTS) is 1. The van der Waals surface area contributed by atoms with E-state index < -0.39 is 11.9 Å². The quantitative estimate of drug-likeness (QED) is 0.602. The van der Waals surface area contributed by atoms with E-state index in [-0.39, 0.29) is 29.2 Å². The van der Waals surface area contributed by atoms with Crippen molar-refractivity contribution in [1.29, 1.82) is 0 Å². The molecule has 0 spiro atoms. The Morgan fingerprint density at radius 3 is 2.16 bits per heavy atom. The number of ether oxygens (including phenoxy) is 1. The van der Waals surface area contributed by atoms with Crippen LogP contribution in [0.25, 0.3) is 0 Å². The van der Waals surface area contributed by atoms with Crippen LogP contribution in [-0.2, 0) is 14.3 Å². The zero-order chi connectivity index (χ0) is 14.8. The van der Waals surface area contributed by atoms with Gasteiger partial charge in [0.15, 0.2) is 0 Å². The van der Waals surface area contributed by atoms with Crippen LogP contribution in [0, 0.1) is 0 Å². The SMILES string of the molecule is C=C(CC(=O)O)C(=O)OC1CC(C)(C)NC(C)(C)C1. The van der Waals surface area contributed by atoms with Gasteiger partial charge < -0.3 is 15.2 Å². The predicted molar refractivity (Wildman–Crippen MR) is 71.8 cm³/mol. The minimum absolute atomic E-state index is 0.0124. The highest BCUT2D eigenvalue weighted by molar-refractivity contribution is 5.92. The molecule has 0 bridgehead atoms. The van der Waals surface area contributed by atoms with Gasteiger partial charge in [0.1, 0.15) is 6.10 Å². The van der Waals surface area contributed by atoms with E-state index in [1.54, 1.807) is 0 Å². The molecular formula is C14H23NO4. The van der Waals surface area contributed by atoms with E-state index in [2.05, 4.69) is 39.6 Å².